The number of ketones is 1. The quantitative estimate of drug-likeness (QED) is 0.737. The van der Waals surface area contributed by atoms with Crippen molar-refractivity contribution in [3.8, 4) is 0 Å². The first-order valence-corrected chi connectivity index (χ1v) is 4.18. The number of alkyl halides is 3. The Morgan fingerprint density at radius 2 is 2.00 bits per heavy atom. The minimum absolute atomic E-state index is 0.0903. The molecule has 0 radical (unpaired) electrons. The van der Waals surface area contributed by atoms with Gasteiger partial charge in [0.15, 0.2) is 3.79 Å². The van der Waals surface area contributed by atoms with Crippen LogP contribution in [0.25, 0.3) is 0 Å². The Hall–Kier alpha value is 0.500. The zero-order chi connectivity index (χ0) is 9.07. The number of rotatable bonds is 3. The average Bonchev–Trinajstić information content (AvgIpc) is 1.79. The summed E-state index contributed by atoms with van der Waals surface area (Å²) < 4.78 is -1.56. The van der Waals surface area contributed by atoms with Crippen LogP contribution in [0.3, 0.4) is 0 Å². The Morgan fingerprint density at radius 3 is 2.09 bits per heavy atom. The second kappa shape index (κ2) is 4.51. The van der Waals surface area contributed by atoms with Crippen LogP contribution >= 0.6 is 34.8 Å². The van der Waals surface area contributed by atoms with Crippen molar-refractivity contribution in [1.29, 1.82) is 0 Å². The lowest BCUT2D eigenvalue weighted by Crippen LogP contribution is -2.25. The van der Waals surface area contributed by atoms with Crippen LogP contribution in [-0.4, -0.2) is 21.3 Å². The maximum absolute atomic E-state index is 10.6. The van der Waals surface area contributed by atoms with Crippen LogP contribution in [0.15, 0.2) is 0 Å². The molecule has 0 aromatic heterocycles. The van der Waals surface area contributed by atoms with Crippen LogP contribution < -0.4 is 0 Å². The van der Waals surface area contributed by atoms with E-state index in [4.69, 9.17) is 39.9 Å². The van der Waals surface area contributed by atoms with Gasteiger partial charge in [0.1, 0.15) is 5.78 Å². The van der Waals surface area contributed by atoms with Gasteiger partial charge < -0.3 is 9.90 Å². The second-order valence-corrected chi connectivity index (χ2v) is 4.70. The third kappa shape index (κ3) is 4.86. The summed E-state index contributed by atoms with van der Waals surface area (Å²) in [6.45, 7) is 1.09. The molecule has 0 aromatic carbocycles. The van der Waals surface area contributed by atoms with Crippen LogP contribution in [0, 0.1) is 5.92 Å². The van der Waals surface area contributed by atoms with Crippen LogP contribution in [0.1, 0.15) is 13.3 Å². The topological polar surface area (TPSA) is 37.3 Å². The van der Waals surface area contributed by atoms with Gasteiger partial charge in [-0.05, 0) is 6.92 Å². The highest BCUT2D eigenvalue weighted by Gasteiger charge is 2.32. The molecule has 0 amide bonds. The maximum atomic E-state index is 10.6. The van der Waals surface area contributed by atoms with Crippen molar-refractivity contribution in [2.24, 2.45) is 5.92 Å². The predicted octanol–water partition coefficient (Wildman–Crippen LogP) is 1.94. The largest absolute Gasteiger partial charge is 0.396 e. The fourth-order valence-electron chi connectivity index (χ4n) is 0.631. The Kier molecular flexibility index (Phi) is 4.71. The summed E-state index contributed by atoms with van der Waals surface area (Å²) in [6.07, 6.45) is 0.0903. The minimum Gasteiger partial charge on any atom is -0.396 e. The molecular weight excluding hydrogens is 210 g/mol. The molecule has 0 fully saturated rings. The SMILES string of the molecule is CC(=O)CC(CO)C(Cl)(Cl)Cl. The molecule has 0 aromatic rings. The zero-order valence-electron chi connectivity index (χ0n) is 5.98. The highest BCUT2D eigenvalue weighted by molar-refractivity contribution is 6.67. The lowest BCUT2D eigenvalue weighted by molar-refractivity contribution is -0.118. The van der Waals surface area contributed by atoms with Crippen molar-refractivity contribution < 1.29 is 9.90 Å². The summed E-state index contributed by atoms with van der Waals surface area (Å²) in [5, 5.41) is 8.70. The Bertz CT molecular complexity index is 141. The third-order valence-electron chi connectivity index (χ3n) is 1.22. The molecule has 1 atom stereocenters. The van der Waals surface area contributed by atoms with E-state index in [1.54, 1.807) is 0 Å². The van der Waals surface area contributed by atoms with Crippen molar-refractivity contribution in [3.05, 3.63) is 0 Å². The monoisotopic (exact) mass is 218 g/mol. The number of carbonyl (C=O) groups excluding carboxylic acids is 1. The smallest absolute Gasteiger partial charge is 0.196 e. The van der Waals surface area contributed by atoms with Crippen LogP contribution in [0.2, 0.25) is 0 Å². The van der Waals surface area contributed by atoms with Gasteiger partial charge in [0, 0.05) is 12.3 Å². The molecule has 0 aliphatic heterocycles. The summed E-state index contributed by atoms with van der Waals surface area (Å²) in [4.78, 5) is 10.6. The predicted molar refractivity (Wildman–Crippen MR) is 46.2 cm³/mol. The number of hydrogen-bond acceptors (Lipinski definition) is 2. The fraction of sp³-hybridized carbons (Fsp3) is 0.833. The lowest BCUT2D eigenvalue weighted by Gasteiger charge is -2.20. The van der Waals surface area contributed by atoms with Gasteiger partial charge in [0.05, 0.1) is 6.61 Å². The molecule has 0 saturated carbocycles. The van der Waals surface area contributed by atoms with E-state index < -0.39 is 9.71 Å². The molecule has 1 unspecified atom stereocenters. The standard InChI is InChI=1S/C6H9Cl3O2/c1-4(11)2-5(3-10)6(7,8)9/h5,10H,2-3H2,1H3. The van der Waals surface area contributed by atoms with E-state index in [0.717, 1.165) is 0 Å². The first kappa shape index (κ1) is 11.5. The Labute approximate surface area is 80.4 Å². The lowest BCUT2D eigenvalue weighted by atomic mass is 10.1. The summed E-state index contributed by atoms with van der Waals surface area (Å²) in [7, 11) is 0. The summed E-state index contributed by atoms with van der Waals surface area (Å²) in [5.41, 5.74) is 0. The average molecular weight is 219 g/mol. The Balaban J connectivity index is 4.07. The van der Waals surface area contributed by atoms with E-state index in [1.165, 1.54) is 6.92 Å². The first-order chi connectivity index (χ1) is 4.88. The van der Waals surface area contributed by atoms with Gasteiger partial charge in [0.25, 0.3) is 0 Å². The van der Waals surface area contributed by atoms with E-state index in [9.17, 15) is 4.79 Å². The maximum Gasteiger partial charge on any atom is 0.196 e. The van der Waals surface area contributed by atoms with Crippen molar-refractivity contribution >= 4 is 40.6 Å². The molecule has 0 spiro atoms. The number of carbonyl (C=O) groups is 1. The summed E-state index contributed by atoms with van der Waals surface area (Å²) >= 11 is 16.4. The van der Waals surface area contributed by atoms with Gasteiger partial charge >= 0.3 is 0 Å². The van der Waals surface area contributed by atoms with Crippen LogP contribution in [0.5, 0.6) is 0 Å². The van der Waals surface area contributed by atoms with Gasteiger partial charge in [-0.2, -0.15) is 0 Å². The third-order valence-corrected chi connectivity index (χ3v) is 2.14. The van der Waals surface area contributed by atoms with E-state index in [1.807, 2.05) is 0 Å². The number of halogens is 3. The second-order valence-electron chi connectivity index (χ2n) is 2.33. The molecule has 0 rings (SSSR count). The number of Topliss-reactive ketones (excluding diaryl/α,β-unsaturated/α-hetero) is 1. The molecule has 1 N–H and O–H groups in total. The summed E-state index contributed by atoms with van der Waals surface area (Å²) in [5.74, 6) is -0.708. The minimum atomic E-state index is -1.56. The van der Waals surface area contributed by atoms with E-state index >= 15 is 0 Å². The molecule has 0 aliphatic carbocycles. The molecule has 0 heterocycles. The fourth-order valence-corrected chi connectivity index (χ4v) is 1.07. The molecule has 5 heteroatoms. The van der Waals surface area contributed by atoms with Crippen molar-refractivity contribution in [1.82, 2.24) is 0 Å². The highest BCUT2D eigenvalue weighted by Crippen LogP contribution is 2.36. The molecule has 0 saturated heterocycles. The van der Waals surface area contributed by atoms with Gasteiger partial charge in [-0.1, -0.05) is 34.8 Å². The first-order valence-electron chi connectivity index (χ1n) is 3.05. The number of aliphatic hydroxyl groups excluding tert-OH is 1. The van der Waals surface area contributed by atoms with Gasteiger partial charge in [-0.3, -0.25) is 0 Å². The normalized spacial score (nSPS) is 14.6. The van der Waals surface area contributed by atoms with Crippen molar-refractivity contribution in [3.63, 3.8) is 0 Å². The molecule has 66 valence electrons. The molecule has 2 nitrogen and oxygen atoms in total. The van der Waals surface area contributed by atoms with Gasteiger partial charge in [-0.25, -0.2) is 0 Å². The highest BCUT2D eigenvalue weighted by atomic mass is 35.6. The van der Waals surface area contributed by atoms with E-state index in [2.05, 4.69) is 0 Å². The van der Waals surface area contributed by atoms with Crippen LogP contribution in [-0.2, 0) is 4.79 Å². The van der Waals surface area contributed by atoms with E-state index in [0.29, 0.717) is 0 Å². The molecule has 0 aliphatic rings. The molecule has 0 bridgehead atoms. The number of hydrogen-bond donors (Lipinski definition) is 1. The van der Waals surface area contributed by atoms with Crippen LogP contribution in [0.4, 0.5) is 0 Å². The summed E-state index contributed by atoms with van der Waals surface area (Å²) in [6, 6.07) is 0. The van der Waals surface area contributed by atoms with Gasteiger partial charge in [0.2, 0.25) is 0 Å². The van der Waals surface area contributed by atoms with Gasteiger partial charge in [-0.15, -0.1) is 0 Å². The Morgan fingerprint density at radius 1 is 1.55 bits per heavy atom. The van der Waals surface area contributed by atoms with Crippen molar-refractivity contribution in [2.75, 3.05) is 6.61 Å². The number of aliphatic hydroxyl groups is 1. The molecule has 11 heavy (non-hydrogen) atoms. The zero-order valence-corrected chi connectivity index (χ0v) is 8.25. The molecular formula is C6H9Cl3O2. The van der Waals surface area contributed by atoms with Crippen molar-refractivity contribution in [2.45, 2.75) is 17.1 Å². The van der Waals surface area contributed by atoms with E-state index in [-0.39, 0.29) is 18.8 Å².